The van der Waals surface area contributed by atoms with Gasteiger partial charge in [0.2, 0.25) is 0 Å². The van der Waals surface area contributed by atoms with Crippen molar-refractivity contribution in [3.63, 3.8) is 0 Å². The SMILES string of the molecule is O=C(CSc1ccccc1Br)c1ccc(Cl)nc1. The van der Waals surface area contributed by atoms with Crippen LogP contribution in [0, 0.1) is 0 Å². The minimum Gasteiger partial charge on any atom is -0.293 e. The van der Waals surface area contributed by atoms with Crippen molar-refractivity contribution in [3.05, 3.63) is 57.8 Å². The maximum Gasteiger partial charge on any atom is 0.174 e. The fraction of sp³-hybridized carbons (Fsp3) is 0.0769. The van der Waals surface area contributed by atoms with Crippen molar-refractivity contribution in [2.24, 2.45) is 0 Å². The summed E-state index contributed by atoms with van der Waals surface area (Å²) in [4.78, 5) is 16.9. The van der Waals surface area contributed by atoms with E-state index in [2.05, 4.69) is 20.9 Å². The highest BCUT2D eigenvalue weighted by molar-refractivity contribution is 9.10. The zero-order valence-corrected chi connectivity index (χ0v) is 12.4. The maximum atomic E-state index is 11.9. The number of nitrogens with zero attached hydrogens (tertiary/aromatic N) is 1. The van der Waals surface area contributed by atoms with Gasteiger partial charge in [0.25, 0.3) is 0 Å². The van der Waals surface area contributed by atoms with Crippen molar-refractivity contribution in [1.29, 1.82) is 0 Å². The van der Waals surface area contributed by atoms with Crippen molar-refractivity contribution < 1.29 is 4.79 Å². The van der Waals surface area contributed by atoms with Gasteiger partial charge in [-0.3, -0.25) is 4.79 Å². The number of halogens is 2. The van der Waals surface area contributed by atoms with Gasteiger partial charge in [-0.25, -0.2) is 4.98 Å². The van der Waals surface area contributed by atoms with Gasteiger partial charge in [0.15, 0.2) is 5.78 Å². The van der Waals surface area contributed by atoms with E-state index in [0.29, 0.717) is 16.5 Å². The van der Waals surface area contributed by atoms with E-state index < -0.39 is 0 Å². The van der Waals surface area contributed by atoms with Crippen molar-refractivity contribution in [2.75, 3.05) is 5.75 Å². The first-order chi connectivity index (χ1) is 8.66. The topological polar surface area (TPSA) is 30.0 Å². The lowest BCUT2D eigenvalue weighted by atomic mass is 10.2. The highest BCUT2D eigenvalue weighted by Gasteiger charge is 2.08. The van der Waals surface area contributed by atoms with E-state index >= 15 is 0 Å². The Morgan fingerprint density at radius 1 is 1.28 bits per heavy atom. The first-order valence-corrected chi connectivity index (χ1v) is 7.34. The number of pyridine rings is 1. The first kappa shape index (κ1) is 13.6. The molecule has 92 valence electrons. The van der Waals surface area contributed by atoms with Crippen molar-refractivity contribution in [3.8, 4) is 0 Å². The third-order valence-electron chi connectivity index (χ3n) is 2.24. The van der Waals surface area contributed by atoms with Gasteiger partial charge in [-0.1, -0.05) is 23.7 Å². The molecule has 2 aromatic rings. The van der Waals surface area contributed by atoms with Crippen LogP contribution in [0.25, 0.3) is 0 Å². The van der Waals surface area contributed by atoms with Gasteiger partial charge in [0.05, 0.1) is 5.75 Å². The molecule has 5 heteroatoms. The van der Waals surface area contributed by atoms with Crippen molar-refractivity contribution >= 4 is 45.1 Å². The number of benzene rings is 1. The molecule has 0 bridgehead atoms. The molecule has 0 spiro atoms. The minimum absolute atomic E-state index is 0.0416. The average Bonchev–Trinajstić information content (AvgIpc) is 2.38. The summed E-state index contributed by atoms with van der Waals surface area (Å²) < 4.78 is 0.997. The van der Waals surface area contributed by atoms with Crippen LogP contribution in [-0.4, -0.2) is 16.5 Å². The standard InChI is InChI=1S/C13H9BrClNOS/c14-10-3-1-2-4-12(10)18-8-11(17)9-5-6-13(15)16-7-9/h1-7H,8H2. The quantitative estimate of drug-likeness (QED) is 0.466. The molecule has 0 saturated heterocycles. The largest absolute Gasteiger partial charge is 0.293 e. The van der Waals surface area contributed by atoms with Gasteiger partial charge >= 0.3 is 0 Å². The predicted molar refractivity (Wildman–Crippen MR) is 78.4 cm³/mol. The third kappa shape index (κ3) is 3.57. The van der Waals surface area contributed by atoms with Crippen LogP contribution in [0.5, 0.6) is 0 Å². The lowest BCUT2D eigenvalue weighted by molar-refractivity contribution is 0.102. The molecule has 0 fully saturated rings. The Morgan fingerprint density at radius 2 is 2.06 bits per heavy atom. The number of hydrogen-bond acceptors (Lipinski definition) is 3. The van der Waals surface area contributed by atoms with E-state index in [1.54, 1.807) is 12.1 Å². The Bertz CT molecular complexity index is 559. The maximum absolute atomic E-state index is 11.9. The monoisotopic (exact) mass is 341 g/mol. The molecule has 2 rings (SSSR count). The zero-order chi connectivity index (χ0) is 13.0. The van der Waals surface area contributed by atoms with Crippen LogP contribution in [0.4, 0.5) is 0 Å². The molecule has 0 N–H and O–H groups in total. The Morgan fingerprint density at radius 3 is 2.72 bits per heavy atom. The summed E-state index contributed by atoms with van der Waals surface area (Å²) in [6.07, 6.45) is 1.51. The molecule has 0 amide bonds. The van der Waals surface area contributed by atoms with E-state index in [0.717, 1.165) is 9.37 Å². The number of carbonyl (C=O) groups excluding carboxylic acids is 1. The molecule has 0 atom stereocenters. The molecule has 18 heavy (non-hydrogen) atoms. The minimum atomic E-state index is 0.0416. The lowest BCUT2D eigenvalue weighted by Crippen LogP contribution is -2.02. The van der Waals surface area contributed by atoms with Crippen LogP contribution in [0.3, 0.4) is 0 Å². The molecule has 0 unspecified atom stereocenters. The third-order valence-corrected chi connectivity index (χ3v) is 4.50. The van der Waals surface area contributed by atoms with Gasteiger partial charge in [0.1, 0.15) is 5.15 Å². The summed E-state index contributed by atoms with van der Waals surface area (Å²) in [5.74, 6) is 0.422. The fourth-order valence-electron chi connectivity index (χ4n) is 1.33. The Balaban J connectivity index is 2.01. The number of carbonyl (C=O) groups is 1. The molecule has 1 heterocycles. The molecule has 1 aromatic carbocycles. The fourth-order valence-corrected chi connectivity index (χ4v) is 2.90. The van der Waals surface area contributed by atoms with Crippen LogP contribution in [0.1, 0.15) is 10.4 Å². The molecule has 0 saturated carbocycles. The van der Waals surface area contributed by atoms with Crippen LogP contribution in [-0.2, 0) is 0 Å². The van der Waals surface area contributed by atoms with Gasteiger partial charge in [-0.2, -0.15) is 0 Å². The molecule has 0 radical (unpaired) electrons. The Labute approximate surface area is 123 Å². The summed E-state index contributed by atoms with van der Waals surface area (Å²) >= 11 is 10.6. The number of Topliss-reactive ketones (excluding diaryl/α,β-unsaturated/α-hetero) is 1. The van der Waals surface area contributed by atoms with E-state index in [1.165, 1.54) is 18.0 Å². The summed E-state index contributed by atoms with van der Waals surface area (Å²) in [6, 6.07) is 11.1. The average molecular weight is 343 g/mol. The summed E-state index contributed by atoms with van der Waals surface area (Å²) in [7, 11) is 0. The summed E-state index contributed by atoms with van der Waals surface area (Å²) in [5.41, 5.74) is 0.582. The Kier molecular flexibility index (Phi) is 4.80. The van der Waals surface area contributed by atoms with Gasteiger partial charge < -0.3 is 0 Å². The molecule has 1 aromatic heterocycles. The number of ketones is 1. The van der Waals surface area contributed by atoms with Gasteiger partial charge in [0, 0.05) is 21.1 Å². The molecule has 0 aliphatic rings. The number of rotatable bonds is 4. The second-order valence-corrected chi connectivity index (χ2v) is 5.77. The van der Waals surface area contributed by atoms with Crippen LogP contribution in [0.2, 0.25) is 5.15 Å². The molecular formula is C13H9BrClNOS. The summed E-state index contributed by atoms with van der Waals surface area (Å²) in [5, 5.41) is 0.394. The van der Waals surface area contributed by atoms with Crippen molar-refractivity contribution in [2.45, 2.75) is 4.90 Å². The van der Waals surface area contributed by atoms with Crippen molar-refractivity contribution in [1.82, 2.24) is 4.98 Å². The second kappa shape index (κ2) is 6.36. The predicted octanol–water partition coefficient (Wildman–Crippen LogP) is 4.47. The number of hydrogen-bond donors (Lipinski definition) is 0. The van der Waals surface area contributed by atoms with E-state index in [4.69, 9.17) is 11.6 Å². The first-order valence-electron chi connectivity index (χ1n) is 5.19. The van der Waals surface area contributed by atoms with E-state index in [-0.39, 0.29) is 5.78 Å². The Hall–Kier alpha value is -0.840. The zero-order valence-electron chi connectivity index (χ0n) is 9.27. The van der Waals surface area contributed by atoms with Crippen LogP contribution in [0.15, 0.2) is 52.0 Å². The van der Waals surface area contributed by atoms with Gasteiger partial charge in [-0.15, -0.1) is 11.8 Å². The number of thioether (sulfide) groups is 1. The van der Waals surface area contributed by atoms with E-state index in [1.807, 2.05) is 24.3 Å². The normalized spacial score (nSPS) is 10.3. The number of aromatic nitrogens is 1. The molecular weight excluding hydrogens is 334 g/mol. The smallest absolute Gasteiger partial charge is 0.174 e. The molecule has 0 aliphatic heterocycles. The second-order valence-electron chi connectivity index (χ2n) is 3.51. The highest BCUT2D eigenvalue weighted by atomic mass is 79.9. The molecule has 2 nitrogen and oxygen atoms in total. The highest BCUT2D eigenvalue weighted by Crippen LogP contribution is 2.27. The van der Waals surface area contributed by atoms with Crippen LogP contribution < -0.4 is 0 Å². The molecule has 0 aliphatic carbocycles. The van der Waals surface area contributed by atoms with Gasteiger partial charge in [-0.05, 0) is 40.2 Å². The lowest BCUT2D eigenvalue weighted by Gasteiger charge is -2.03. The van der Waals surface area contributed by atoms with Crippen LogP contribution >= 0.6 is 39.3 Å². The summed E-state index contributed by atoms with van der Waals surface area (Å²) in [6.45, 7) is 0. The van der Waals surface area contributed by atoms with E-state index in [9.17, 15) is 4.79 Å².